The molecule has 0 bridgehead atoms. The smallest absolute Gasteiger partial charge is 0.308 e. The van der Waals surface area contributed by atoms with Gasteiger partial charge in [-0.15, -0.1) is 0 Å². The summed E-state index contributed by atoms with van der Waals surface area (Å²) in [5, 5.41) is 0.560. The van der Waals surface area contributed by atoms with Gasteiger partial charge in [0.25, 0.3) is 0 Å². The van der Waals surface area contributed by atoms with Crippen LogP contribution in [0.4, 0.5) is 0 Å². The van der Waals surface area contributed by atoms with Gasteiger partial charge in [-0.1, -0.05) is 24.6 Å². The first-order valence-electron chi connectivity index (χ1n) is 5.52. The van der Waals surface area contributed by atoms with E-state index in [1.54, 1.807) is 7.11 Å². The Morgan fingerprint density at radius 1 is 1.41 bits per heavy atom. The zero-order valence-electron chi connectivity index (χ0n) is 10.3. The number of hydrogen-bond acceptors (Lipinski definition) is 3. The Labute approximate surface area is 107 Å². The average Bonchev–Trinajstić information content (AvgIpc) is 2.35. The molecule has 4 heteroatoms. The highest BCUT2D eigenvalue weighted by molar-refractivity contribution is 6.32. The normalized spacial score (nSPS) is 12.0. The number of halogens is 1. The lowest BCUT2D eigenvalue weighted by atomic mass is 9.97. The summed E-state index contributed by atoms with van der Waals surface area (Å²) in [7, 11) is 2.98. The molecule has 0 aliphatic heterocycles. The van der Waals surface area contributed by atoms with Gasteiger partial charge in [0.05, 0.1) is 25.2 Å². The van der Waals surface area contributed by atoms with E-state index in [9.17, 15) is 4.79 Å². The molecule has 1 aromatic carbocycles. The Hall–Kier alpha value is -1.22. The molecule has 1 unspecified atom stereocenters. The number of methoxy groups -OCH3 is 2. The van der Waals surface area contributed by atoms with E-state index in [1.165, 1.54) is 7.11 Å². The zero-order chi connectivity index (χ0) is 12.8. The van der Waals surface area contributed by atoms with Crippen molar-refractivity contribution in [3.63, 3.8) is 0 Å². The maximum atomic E-state index is 11.5. The van der Waals surface area contributed by atoms with Crippen LogP contribution in [0.2, 0.25) is 5.02 Å². The minimum absolute atomic E-state index is 0.121. The van der Waals surface area contributed by atoms with Gasteiger partial charge in [0.1, 0.15) is 5.75 Å². The largest absolute Gasteiger partial charge is 0.495 e. The number of ether oxygens (including phenoxy) is 2. The van der Waals surface area contributed by atoms with E-state index in [1.807, 2.05) is 25.1 Å². The predicted molar refractivity (Wildman–Crippen MR) is 67.5 cm³/mol. The minimum Gasteiger partial charge on any atom is -0.495 e. The van der Waals surface area contributed by atoms with Crippen molar-refractivity contribution in [2.45, 2.75) is 19.8 Å². The summed E-state index contributed by atoms with van der Waals surface area (Å²) in [5.41, 5.74) is 1.01. The molecule has 0 saturated carbocycles. The highest BCUT2D eigenvalue weighted by atomic mass is 35.5. The highest BCUT2D eigenvalue weighted by Gasteiger charge is 2.17. The number of carbonyl (C=O) groups excluding carboxylic acids is 1. The van der Waals surface area contributed by atoms with Crippen LogP contribution in [0.5, 0.6) is 5.75 Å². The standard InChI is InChI=1S/C13H17ClO3/c1-4-10(13(15)17-3)7-9-5-6-12(16-2)11(14)8-9/h5-6,8,10H,4,7H2,1-3H3. The fourth-order valence-corrected chi connectivity index (χ4v) is 1.96. The van der Waals surface area contributed by atoms with Crippen LogP contribution in [-0.4, -0.2) is 20.2 Å². The maximum Gasteiger partial charge on any atom is 0.308 e. The van der Waals surface area contributed by atoms with Gasteiger partial charge in [-0.2, -0.15) is 0 Å². The Bertz CT molecular complexity index is 390. The van der Waals surface area contributed by atoms with Gasteiger partial charge in [-0.3, -0.25) is 4.79 Å². The van der Waals surface area contributed by atoms with Crippen LogP contribution in [0.25, 0.3) is 0 Å². The number of esters is 1. The number of carbonyl (C=O) groups is 1. The molecule has 0 radical (unpaired) electrons. The molecule has 3 nitrogen and oxygen atoms in total. The Kier molecular flexibility index (Phi) is 5.29. The van der Waals surface area contributed by atoms with Crippen molar-refractivity contribution in [3.8, 4) is 5.75 Å². The lowest BCUT2D eigenvalue weighted by Gasteiger charge is -2.13. The van der Waals surface area contributed by atoms with Crippen LogP contribution in [-0.2, 0) is 16.0 Å². The van der Waals surface area contributed by atoms with Crippen molar-refractivity contribution < 1.29 is 14.3 Å². The summed E-state index contributed by atoms with van der Waals surface area (Å²) < 4.78 is 9.83. The van der Waals surface area contributed by atoms with Crippen molar-refractivity contribution in [3.05, 3.63) is 28.8 Å². The maximum absolute atomic E-state index is 11.5. The van der Waals surface area contributed by atoms with Crippen LogP contribution in [0, 0.1) is 5.92 Å². The molecule has 17 heavy (non-hydrogen) atoms. The molecule has 0 fully saturated rings. The van der Waals surface area contributed by atoms with Crippen LogP contribution in [0.3, 0.4) is 0 Å². The summed E-state index contributed by atoms with van der Waals surface area (Å²) in [6, 6.07) is 5.55. The molecule has 1 aromatic rings. The molecular weight excluding hydrogens is 240 g/mol. The fraction of sp³-hybridized carbons (Fsp3) is 0.462. The van der Waals surface area contributed by atoms with E-state index in [-0.39, 0.29) is 11.9 Å². The van der Waals surface area contributed by atoms with Crippen molar-refractivity contribution >= 4 is 17.6 Å². The SMILES string of the molecule is CCC(Cc1ccc(OC)c(Cl)c1)C(=O)OC. The Balaban J connectivity index is 2.80. The van der Waals surface area contributed by atoms with Gasteiger partial charge >= 0.3 is 5.97 Å². The molecule has 0 aliphatic rings. The van der Waals surface area contributed by atoms with Crippen LogP contribution in [0.1, 0.15) is 18.9 Å². The van der Waals surface area contributed by atoms with E-state index in [0.29, 0.717) is 17.2 Å². The third kappa shape index (κ3) is 3.63. The van der Waals surface area contributed by atoms with E-state index in [0.717, 1.165) is 12.0 Å². The first-order chi connectivity index (χ1) is 8.12. The molecule has 1 rings (SSSR count). The summed E-state index contributed by atoms with van der Waals surface area (Å²) in [4.78, 5) is 11.5. The van der Waals surface area contributed by atoms with Gasteiger partial charge < -0.3 is 9.47 Å². The molecule has 0 heterocycles. The molecule has 0 N–H and O–H groups in total. The molecule has 0 saturated heterocycles. The van der Waals surface area contributed by atoms with Crippen molar-refractivity contribution in [1.82, 2.24) is 0 Å². The van der Waals surface area contributed by atoms with E-state index in [4.69, 9.17) is 21.1 Å². The molecular formula is C13H17ClO3. The van der Waals surface area contributed by atoms with Gasteiger partial charge in [-0.05, 0) is 30.5 Å². The van der Waals surface area contributed by atoms with Crippen molar-refractivity contribution in [1.29, 1.82) is 0 Å². The second-order valence-corrected chi connectivity index (χ2v) is 4.21. The summed E-state index contributed by atoms with van der Waals surface area (Å²) in [6.07, 6.45) is 1.38. The van der Waals surface area contributed by atoms with Gasteiger partial charge in [0.15, 0.2) is 0 Å². The quantitative estimate of drug-likeness (QED) is 0.760. The van der Waals surface area contributed by atoms with Gasteiger partial charge in [-0.25, -0.2) is 0 Å². The average molecular weight is 257 g/mol. The molecule has 0 aromatic heterocycles. The van der Waals surface area contributed by atoms with Gasteiger partial charge in [0, 0.05) is 0 Å². The number of benzene rings is 1. The summed E-state index contributed by atoms with van der Waals surface area (Å²) >= 11 is 6.03. The fourth-order valence-electron chi connectivity index (χ4n) is 1.68. The molecule has 0 aliphatic carbocycles. The topological polar surface area (TPSA) is 35.5 Å². The number of rotatable bonds is 5. The lowest BCUT2D eigenvalue weighted by Crippen LogP contribution is -2.17. The van der Waals surface area contributed by atoms with Crippen LogP contribution in [0.15, 0.2) is 18.2 Å². The lowest BCUT2D eigenvalue weighted by molar-refractivity contribution is -0.145. The van der Waals surface area contributed by atoms with E-state index < -0.39 is 0 Å². The predicted octanol–water partition coefficient (Wildman–Crippen LogP) is 3.09. The minimum atomic E-state index is -0.181. The Morgan fingerprint density at radius 3 is 2.59 bits per heavy atom. The van der Waals surface area contributed by atoms with Crippen molar-refractivity contribution in [2.75, 3.05) is 14.2 Å². The molecule has 94 valence electrons. The third-order valence-corrected chi connectivity index (χ3v) is 3.02. The number of hydrogen-bond donors (Lipinski definition) is 0. The van der Waals surface area contributed by atoms with Crippen LogP contribution >= 0.6 is 11.6 Å². The third-order valence-electron chi connectivity index (χ3n) is 2.73. The first kappa shape index (κ1) is 13.8. The van der Waals surface area contributed by atoms with E-state index in [2.05, 4.69) is 0 Å². The first-order valence-corrected chi connectivity index (χ1v) is 5.90. The van der Waals surface area contributed by atoms with Crippen molar-refractivity contribution in [2.24, 2.45) is 5.92 Å². The summed E-state index contributed by atoms with van der Waals surface area (Å²) in [5.74, 6) is 0.338. The molecule has 1 atom stereocenters. The Morgan fingerprint density at radius 2 is 2.12 bits per heavy atom. The second-order valence-electron chi connectivity index (χ2n) is 3.80. The molecule has 0 spiro atoms. The second kappa shape index (κ2) is 6.50. The molecule has 0 amide bonds. The van der Waals surface area contributed by atoms with Gasteiger partial charge in [0.2, 0.25) is 0 Å². The highest BCUT2D eigenvalue weighted by Crippen LogP contribution is 2.26. The summed E-state index contributed by atoms with van der Waals surface area (Å²) in [6.45, 7) is 1.96. The monoisotopic (exact) mass is 256 g/mol. The zero-order valence-corrected chi connectivity index (χ0v) is 11.1. The van der Waals surface area contributed by atoms with E-state index >= 15 is 0 Å². The van der Waals surface area contributed by atoms with Crippen LogP contribution < -0.4 is 4.74 Å².